The number of hydrogen-bond acceptors (Lipinski definition) is 6. The number of methoxy groups -OCH3 is 1. The van der Waals surface area contributed by atoms with Crippen molar-refractivity contribution in [2.45, 2.75) is 37.2 Å². The first-order valence-electron chi connectivity index (χ1n) is 9.84. The summed E-state index contributed by atoms with van der Waals surface area (Å²) < 4.78 is 26.7. The Bertz CT molecular complexity index is 1100. The Morgan fingerprint density at radius 1 is 1.42 bits per heavy atom. The largest absolute Gasteiger partial charge is 0.497 e. The molecule has 1 amide bonds. The SMILES string of the molecule is COc1cc2c(c(S(=O)O)c1)CN(c1cccc(C(=N)N(C=N)C(C)C3CC3)n1)C2=O. The number of amidine groups is 1. The smallest absolute Gasteiger partial charge is 0.260 e. The number of fused-ring (bicyclic) bond motifs is 1. The van der Waals surface area contributed by atoms with Crippen molar-refractivity contribution in [3.05, 3.63) is 47.2 Å². The molecule has 2 heterocycles. The van der Waals surface area contributed by atoms with Crippen LogP contribution in [-0.4, -0.2) is 49.9 Å². The topological polar surface area (TPSA) is 131 Å². The second-order valence-corrected chi connectivity index (χ2v) is 8.57. The van der Waals surface area contributed by atoms with E-state index in [1.807, 2.05) is 6.92 Å². The lowest BCUT2D eigenvalue weighted by Crippen LogP contribution is -2.39. The fraction of sp³-hybridized carbons (Fsp3) is 0.333. The lowest BCUT2D eigenvalue weighted by atomic mass is 10.1. The third kappa shape index (κ3) is 3.84. The van der Waals surface area contributed by atoms with Gasteiger partial charge in [-0.3, -0.25) is 20.5 Å². The van der Waals surface area contributed by atoms with Gasteiger partial charge in [0.25, 0.3) is 5.91 Å². The van der Waals surface area contributed by atoms with E-state index in [0.29, 0.717) is 34.3 Å². The molecule has 1 fully saturated rings. The standard InChI is InChI=1S/C21H23N5O4S/c1-12(13-6-7-13)26(11-22)20(23)17-4-3-5-19(24-17)25-10-16-15(21(25)27)8-14(30-2)9-18(16)31(28)29/h3-5,8-9,11-13,22-23H,6-7,10H2,1-2H3,(H,28,29). The van der Waals surface area contributed by atoms with Gasteiger partial charge >= 0.3 is 0 Å². The van der Waals surface area contributed by atoms with E-state index in [0.717, 1.165) is 19.2 Å². The predicted molar refractivity (Wildman–Crippen MR) is 116 cm³/mol. The van der Waals surface area contributed by atoms with Gasteiger partial charge in [0.1, 0.15) is 17.3 Å². The first kappa shape index (κ1) is 21.1. The molecule has 0 saturated heterocycles. The molecular formula is C21H23N5O4S. The average Bonchev–Trinajstić information content (AvgIpc) is 3.57. The summed E-state index contributed by atoms with van der Waals surface area (Å²) in [4.78, 5) is 20.7. The predicted octanol–water partition coefficient (Wildman–Crippen LogP) is 2.86. The summed E-state index contributed by atoms with van der Waals surface area (Å²) in [6, 6.07) is 8.07. The van der Waals surface area contributed by atoms with E-state index < -0.39 is 11.1 Å². The summed E-state index contributed by atoms with van der Waals surface area (Å²) in [5, 5.41) is 16.3. The molecule has 3 N–H and O–H groups in total. The van der Waals surface area contributed by atoms with Gasteiger partial charge in [-0.05, 0) is 49.9 Å². The third-order valence-corrected chi connectivity index (χ3v) is 6.53. The Morgan fingerprint density at radius 2 is 2.16 bits per heavy atom. The Morgan fingerprint density at radius 3 is 2.77 bits per heavy atom. The Balaban J connectivity index is 1.66. The zero-order chi connectivity index (χ0) is 22.3. The Kier molecular flexibility index (Phi) is 5.59. The highest BCUT2D eigenvalue weighted by Gasteiger charge is 2.35. The minimum atomic E-state index is -2.28. The number of hydrogen-bond donors (Lipinski definition) is 3. The van der Waals surface area contributed by atoms with Crippen LogP contribution in [0.15, 0.2) is 35.2 Å². The number of carbonyl (C=O) groups excluding carboxylic acids is 1. The monoisotopic (exact) mass is 441 g/mol. The van der Waals surface area contributed by atoms with Crippen molar-refractivity contribution in [3.63, 3.8) is 0 Å². The summed E-state index contributed by atoms with van der Waals surface area (Å²) in [6.07, 6.45) is 3.32. The minimum Gasteiger partial charge on any atom is -0.497 e. The number of aromatic nitrogens is 1. The van der Waals surface area contributed by atoms with Crippen LogP contribution in [-0.2, 0) is 17.6 Å². The van der Waals surface area contributed by atoms with Gasteiger partial charge in [-0.25, -0.2) is 9.19 Å². The summed E-state index contributed by atoms with van der Waals surface area (Å²) in [5.74, 6) is 0.866. The van der Waals surface area contributed by atoms with E-state index in [4.69, 9.17) is 15.6 Å². The normalized spacial score (nSPS) is 17.1. The van der Waals surface area contributed by atoms with Crippen LogP contribution in [0.5, 0.6) is 5.75 Å². The molecule has 2 atom stereocenters. The molecule has 0 radical (unpaired) electrons. The van der Waals surface area contributed by atoms with E-state index in [1.165, 1.54) is 18.1 Å². The molecule has 2 aromatic rings. The van der Waals surface area contributed by atoms with Crippen LogP contribution < -0.4 is 9.64 Å². The van der Waals surface area contributed by atoms with Crippen molar-refractivity contribution in [2.75, 3.05) is 12.0 Å². The number of carbonyl (C=O) groups is 1. The van der Waals surface area contributed by atoms with Gasteiger partial charge in [-0.15, -0.1) is 0 Å². The van der Waals surface area contributed by atoms with Gasteiger partial charge in [-0.1, -0.05) is 6.07 Å². The van der Waals surface area contributed by atoms with Crippen LogP contribution in [0.3, 0.4) is 0 Å². The van der Waals surface area contributed by atoms with Crippen LogP contribution in [0, 0.1) is 16.7 Å². The summed E-state index contributed by atoms with van der Waals surface area (Å²) >= 11 is -2.28. The highest BCUT2D eigenvalue weighted by atomic mass is 32.2. The number of amides is 1. The molecule has 2 aliphatic rings. The summed E-state index contributed by atoms with van der Waals surface area (Å²) in [5.41, 5.74) is 1.10. The van der Waals surface area contributed by atoms with Gasteiger partial charge in [-0.2, -0.15) is 0 Å². The molecule has 1 aliphatic heterocycles. The molecule has 2 unspecified atom stereocenters. The number of nitrogens with one attached hydrogen (secondary N) is 2. The third-order valence-electron chi connectivity index (χ3n) is 5.79. The molecule has 0 spiro atoms. The first-order valence-corrected chi connectivity index (χ1v) is 10.9. The molecule has 4 rings (SSSR count). The zero-order valence-corrected chi connectivity index (χ0v) is 18.0. The fourth-order valence-electron chi connectivity index (χ4n) is 3.84. The molecule has 10 heteroatoms. The van der Waals surface area contributed by atoms with E-state index in [9.17, 15) is 13.6 Å². The number of rotatable bonds is 7. The van der Waals surface area contributed by atoms with E-state index >= 15 is 0 Å². The lowest BCUT2D eigenvalue weighted by molar-refractivity contribution is 0.0995. The van der Waals surface area contributed by atoms with E-state index in [-0.39, 0.29) is 29.2 Å². The highest BCUT2D eigenvalue weighted by molar-refractivity contribution is 7.79. The second-order valence-electron chi connectivity index (χ2n) is 7.64. The minimum absolute atomic E-state index is 0.0303. The molecule has 1 aliphatic carbocycles. The number of nitrogens with zero attached hydrogens (tertiary/aromatic N) is 3. The average molecular weight is 442 g/mol. The maximum atomic E-state index is 13.1. The van der Waals surface area contributed by atoms with E-state index in [2.05, 4.69) is 4.98 Å². The maximum absolute atomic E-state index is 13.1. The first-order chi connectivity index (χ1) is 14.8. The molecule has 0 bridgehead atoms. The number of ether oxygens (including phenoxy) is 1. The van der Waals surface area contributed by atoms with E-state index in [1.54, 1.807) is 29.2 Å². The van der Waals surface area contributed by atoms with Gasteiger partial charge < -0.3 is 14.2 Å². The molecule has 9 nitrogen and oxygen atoms in total. The quantitative estimate of drug-likeness (QED) is 0.344. The van der Waals surface area contributed by atoms with Crippen molar-refractivity contribution >= 4 is 35.0 Å². The van der Waals surface area contributed by atoms with Crippen molar-refractivity contribution in [2.24, 2.45) is 5.92 Å². The number of benzene rings is 1. The van der Waals surface area contributed by atoms with Crippen LogP contribution in [0.1, 0.15) is 41.4 Å². The highest BCUT2D eigenvalue weighted by Crippen LogP contribution is 2.36. The van der Waals surface area contributed by atoms with Crippen molar-refractivity contribution in [1.29, 1.82) is 10.8 Å². The summed E-state index contributed by atoms with van der Waals surface area (Å²) in [7, 11) is 1.43. The fourth-order valence-corrected chi connectivity index (χ4v) is 4.44. The Hall–Kier alpha value is -3.11. The number of anilines is 1. The van der Waals surface area contributed by atoms with Crippen molar-refractivity contribution < 1.29 is 18.3 Å². The molecule has 1 aromatic heterocycles. The molecule has 31 heavy (non-hydrogen) atoms. The molecule has 1 aromatic carbocycles. The van der Waals surface area contributed by atoms with Crippen molar-refractivity contribution in [3.8, 4) is 5.75 Å². The van der Waals surface area contributed by atoms with Crippen LogP contribution in [0.25, 0.3) is 0 Å². The van der Waals surface area contributed by atoms with Gasteiger partial charge in [0.05, 0.1) is 24.9 Å². The second kappa shape index (κ2) is 8.20. The van der Waals surface area contributed by atoms with Crippen LogP contribution >= 0.6 is 0 Å². The Labute approximate surface area is 182 Å². The maximum Gasteiger partial charge on any atom is 0.260 e. The van der Waals surface area contributed by atoms with Crippen LogP contribution in [0.2, 0.25) is 0 Å². The van der Waals surface area contributed by atoms with Crippen molar-refractivity contribution in [1.82, 2.24) is 9.88 Å². The summed E-state index contributed by atoms with van der Waals surface area (Å²) in [6.45, 7) is 2.09. The van der Waals surface area contributed by atoms with Gasteiger partial charge in [0.15, 0.2) is 16.9 Å². The van der Waals surface area contributed by atoms with Gasteiger partial charge in [0, 0.05) is 17.2 Å². The molecular weight excluding hydrogens is 418 g/mol. The van der Waals surface area contributed by atoms with Crippen LogP contribution in [0.4, 0.5) is 5.82 Å². The lowest BCUT2D eigenvalue weighted by Gasteiger charge is -2.27. The van der Waals surface area contributed by atoms with Gasteiger partial charge in [0.2, 0.25) is 0 Å². The molecule has 162 valence electrons. The molecule has 1 saturated carbocycles. The zero-order valence-electron chi connectivity index (χ0n) is 17.2. The number of pyridine rings is 1.